The summed E-state index contributed by atoms with van der Waals surface area (Å²) < 4.78 is 5.41. The van der Waals surface area contributed by atoms with Crippen LogP contribution in [0.3, 0.4) is 0 Å². The number of hydrogen-bond donors (Lipinski definition) is 1. The van der Waals surface area contributed by atoms with Crippen LogP contribution in [0.4, 0.5) is 0 Å². The average Bonchev–Trinajstić information content (AvgIpc) is 2.37. The molecule has 0 aromatic rings. The summed E-state index contributed by atoms with van der Waals surface area (Å²) >= 11 is 0. The van der Waals surface area contributed by atoms with E-state index in [2.05, 4.69) is 6.08 Å². The first-order chi connectivity index (χ1) is 8.67. The lowest BCUT2D eigenvalue weighted by molar-refractivity contribution is -0.168. The second-order valence-electron chi connectivity index (χ2n) is 6.33. The summed E-state index contributed by atoms with van der Waals surface area (Å²) in [6.45, 7) is 1.63. The summed E-state index contributed by atoms with van der Waals surface area (Å²) in [4.78, 5) is 11.8. The van der Waals surface area contributed by atoms with Crippen LogP contribution >= 0.6 is 0 Å². The molecule has 1 N–H and O–H groups in total. The molecule has 0 atom stereocenters. The largest absolute Gasteiger partial charge is 0.481 e. The molecule has 3 heteroatoms. The van der Waals surface area contributed by atoms with Gasteiger partial charge in [0.2, 0.25) is 0 Å². The topological polar surface area (TPSA) is 46.5 Å². The van der Waals surface area contributed by atoms with Gasteiger partial charge < -0.3 is 9.84 Å². The highest BCUT2D eigenvalue weighted by molar-refractivity contribution is 5.80. The zero-order valence-corrected chi connectivity index (χ0v) is 10.9. The van der Waals surface area contributed by atoms with Crippen molar-refractivity contribution in [3.05, 3.63) is 11.6 Å². The molecule has 3 rings (SSSR count). The minimum Gasteiger partial charge on any atom is -0.481 e. The lowest BCUT2D eigenvalue weighted by Gasteiger charge is -2.57. The van der Waals surface area contributed by atoms with Crippen molar-refractivity contribution in [2.75, 3.05) is 13.2 Å². The summed E-state index contributed by atoms with van der Waals surface area (Å²) in [7, 11) is 0. The maximum atomic E-state index is 11.8. The average molecular weight is 250 g/mol. The van der Waals surface area contributed by atoms with Crippen LogP contribution in [0, 0.1) is 10.8 Å². The van der Waals surface area contributed by atoms with E-state index in [-0.39, 0.29) is 5.41 Å². The lowest BCUT2D eigenvalue weighted by atomic mass is 9.47. The molecular weight excluding hydrogens is 228 g/mol. The summed E-state index contributed by atoms with van der Waals surface area (Å²) in [5.74, 6) is -0.590. The zero-order chi connectivity index (χ0) is 12.6. The molecule has 0 amide bonds. The van der Waals surface area contributed by atoms with Crippen LogP contribution in [0.25, 0.3) is 0 Å². The Morgan fingerprint density at radius 1 is 1.22 bits per heavy atom. The molecule has 1 aliphatic heterocycles. The van der Waals surface area contributed by atoms with E-state index in [1.165, 1.54) is 12.0 Å². The Kier molecular flexibility index (Phi) is 2.97. The fourth-order valence-electron chi connectivity index (χ4n) is 4.17. The number of hydrogen-bond acceptors (Lipinski definition) is 2. The molecule has 100 valence electrons. The van der Waals surface area contributed by atoms with E-state index in [9.17, 15) is 9.90 Å². The third-order valence-electron chi connectivity index (χ3n) is 5.22. The summed E-state index contributed by atoms with van der Waals surface area (Å²) in [5, 5.41) is 9.68. The van der Waals surface area contributed by atoms with E-state index in [1.54, 1.807) is 0 Å². The number of carbonyl (C=O) groups is 1. The first-order valence-electron chi connectivity index (χ1n) is 7.18. The van der Waals surface area contributed by atoms with Crippen molar-refractivity contribution in [1.82, 2.24) is 0 Å². The van der Waals surface area contributed by atoms with Gasteiger partial charge in [-0.1, -0.05) is 11.6 Å². The predicted molar refractivity (Wildman–Crippen MR) is 68.3 cm³/mol. The molecule has 1 saturated carbocycles. The van der Waals surface area contributed by atoms with Crippen LogP contribution in [-0.4, -0.2) is 24.3 Å². The monoisotopic (exact) mass is 250 g/mol. The molecule has 0 aromatic heterocycles. The van der Waals surface area contributed by atoms with Gasteiger partial charge in [0.25, 0.3) is 0 Å². The highest BCUT2D eigenvalue weighted by Crippen LogP contribution is 2.63. The second kappa shape index (κ2) is 4.37. The first kappa shape index (κ1) is 12.2. The molecule has 0 radical (unpaired) electrons. The van der Waals surface area contributed by atoms with Gasteiger partial charge in [-0.05, 0) is 56.8 Å². The van der Waals surface area contributed by atoms with Crippen LogP contribution in [0.5, 0.6) is 0 Å². The number of carboxylic acid groups (broad SMARTS) is 1. The third-order valence-corrected chi connectivity index (χ3v) is 5.22. The van der Waals surface area contributed by atoms with E-state index in [4.69, 9.17) is 4.74 Å². The molecule has 0 aromatic carbocycles. The van der Waals surface area contributed by atoms with Crippen molar-refractivity contribution in [1.29, 1.82) is 0 Å². The van der Waals surface area contributed by atoms with Crippen molar-refractivity contribution >= 4 is 5.97 Å². The molecule has 3 aliphatic rings. The maximum absolute atomic E-state index is 11.8. The van der Waals surface area contributed by atoms with Crippen LogP contribution in [-0.2, 0) is 9.53 Å². The van der Waals surface area contributed by atoms with Crippen molar-refractivity contribution in [3.8, 4) is 0 Å². The molecular formula is C15H22O3. The highest BCUT2D eigenvalue weighted by atomic mass is 16.5. The van der Waals surface area contributed by atoms with Gasteiger partial charge in [-0.25, -0.2) is 0 Å². The van der Waals surface area contributed by atoms with E-state index >= 15 is 0 Å². The lowest BCUT2D eigenvalue weighted by Crippen LogP contribution is -2.54. The standard InChI is InChI=1S/C15H22O3/c16-13(17)15(12-4-2-1-3-5-12)10-14(11-15)6-8-18-9-7-14/h4H,1-3,5-11H2,(H,16,17). The Morgan fingerprint density at radius 2 is 1.94 bits per heavy atom. The molecule has 2 aliphatic carbocycles. The minimum atomic E-state index is -0.590. The van der Waals surface area contributed by atoms with Crippen LogP contribution in [0.1, 0.15) is 51.4 Å². The van der Waals surface area contributed by atoms with Gasteiger partial charge in [0.1, 0.15) is 0 Å². The van der Waals surface area contributed by atoms with Gasteiger partial charge in [-0.2, -0.15) is 0 Å². The maximum Gasteiger partial charge on any atom is 0.313 e. The van der Waals surface area contributed by atoms with E-state index in [0.717, 1.165) is 58.2 Å². The fraction of sp³-hybridized carbons (Fsp3) is 0.800. The zero-order valence-electron chi connectivity index (χ0n) is 10.9. The molecule has 1 saturated heterocycles. The Labute approximate surface area is 108 Å². The smallest absolute Gasteiger partial charge is 0.313 e. The van der Waals surface area contributed by atoms with Crippen molar-refractivity contribution in [3.63, 3.8) is 0 Å². The molecule has 0 unspecified atom stereocenters. The predicted octanol–water partition coefficient (Wildman–Crippen LogP) is 3.15. The van der Waals surface area contributed by atoms with Crippen LogP contribution in [0.15, 0.2) is 11.6 Å². The van der Waals surface area contributed by atoms with E-state index < -0.39 is 11.4 Å². The van der Waals surface area contributed by atoms with E-state index in [1.807, 2.05) is 0 Å². The third kappa shape index (κ3) is 1.80. The quantitative estimate of drug-likeness (QED) is 0.766. The summed E-state index contributed by atoms with van der Waals surface area (Å²) in [5.41, 5.74) is 0.977. The SMILES string of the molecule is O=C(O)C1(C2=CCCCC2)CC2(CCOCC2)C1. The van der Waals surface area contributed by atoms with Gasteiger partial charge in [0.05, 0.1) is 5.41 Å². The van der Waals surface area contributed by atoms with Gasteiger partial charge >= 0.3 is 5.97 Å². The normalized spacial score (nSPS) is 29.4. The number of allylic oxidation sites excluding steroid dienone is 1. The molecule has 1 spiro atoms. The second-order valence-corrected chi connectivity index (χ2v) is 6.33. The van der Waals surface area contributed by atoms with E-state index in [0.29, 0.717) is 0 Å². The fourth-order valence-corrected chi connectivity index (χ4v) is 4.17. The number of rotatable bonds is 2. The van der Waals surface area contributed by atoms with Crippen molar-refractivity contribution in [2.24, 2.45) is 10.8 Å². The Balaban J connectivity index is 1.79. The number of ether oxygens (including phenoxy) is 1. The Bertz CT molecular complexity index is 369. The van der Waals surface area contributed by atoms with Gasteiger partial charge in [-0.3, -0.25) is 4.79 Å². The Hall–Kier alpha value is -0.830. The van der Waals surface area contributed by atoms with Gasteiger partial charge in [0, 0.05) is 13.2 Å². The first-order valence-corrected chi connectivity index (χ1v) is 7.18. The minimum absolute atomic E-state index is 0.273. The molecule has 1 heterocycles. The van der Waals surface area contributed by atoms with Crippen molar-refractivity contribution < 1.29 is 14.6 Å². The van der Waals surface area contributed by atoms with Crippen LogP contribution < -0.4 is 0 Å². The molecule has 3 nitrogen and oxygen atoms in total. The number of carboxylic acids is 1. The number of aliphatic carboxylic acids is 1. The molecule has 18 heavy (non-hydrogen) atoms. The molecule has 0 bridgehead atoms. The summed E-state index contributed by atoms with van der Waals surface area (Å²) in [6, 6.07) is 0. The van der Waals surface area contributed by atoms with Crippen molar-refractivity contribution in [2.45, 2.75) is 51.4 Å². The Morgan fingerprint density at radius 3 is 2.50 bits per heavy atom. The molecule has 2 fully saturated rings. The van der Waals surface area contributed by atoms with Gasteiger partial charge in [-0.15, -0.1) is 0 Å². The van der Waals surface area contributed by atoms with Gasteiger partial charge in [0.15, 0.2) is 0 Å². The highest BCUT2D eigenvalue weighted by Gasteiger charge is 2.60. The summed E-state index contributed by atoms with van der Waals surface area (Å²) in [6.07, 6.45) is 10.5. The van der Waals surface area contributed by atoms with Crippen LogP contribution in [0.2, 0.25) is 0 Å².